The summed E-state index contributed by atoms with van der Waals surface area (Å²) < 4.78 is 13.7. The number of allylic oxidation sites excluding steroid dienone is 2. The second-order valence-corrected chi connectivity index (χ2v) is 5.04. The van der Waals surface area contributed by atoms with Crippen molar-refractivity contribution in [2.75, 3.05) is 0 Å². The second kappa shape index (κ2) is 4.58. The molecule has 0 fully saturated rings. The molecule has 0 amide bonds. The van der Waals surface area contributed by atoms with E-state index >= 15 is 0 Å². The molecule has 1 unspecified atom stereocenters. The molecule has 0 nitrogen and oxygen atoms in total. The molecule has 1 aromatic carbocycles. The summed E-state index contributed by atoms with van der Waals surface area (Å²) in [5.74, 6) is 0.455. The van der Waals surface area contributed by atoms with Gasteiger partial charge in [0.2, 0.25) is 0 Å². The molecule has 1 aliphatic rings. The summed E-state index contributed by atoms with van der Waals surface area (Å²) in [6, 6.07) is 3.73. The molecule has 0 heterocycles. The van der Waals surface area contributed by atoms with Crippen LogP contribution < -0.4 is 0 Å². The highest BCUT2D eigenvalue weighted by molar-refractivity contribution is 6.32. The predicted molar refractivity (Wildman–Crippen MR) is 67.1 cm³/mol. The Balaban J connectivity index is 2.38. The summed E-state index contributed by atoms with van der Waals surface area (Å²) in [6.45, 7) is 3.98. The molecule has 0 saturated heterocycles. The number of hydrogen-bond donors (Lipinski definition) is 0. The molecule has 2 heteroatoms. The maximum absolute atomic E-state index is 13.7. The topological polar surface area (TPSA) is 0 Å². The first-order valence-electron chi connectivity index (χ1n) is 5.73. The number of halogens is 2. The Morgan fingerprint density at radius 2 is 2.12 bits per heavy atom. The standard InChI is InChI=1S/C14H16ClF/c1-9-3-6-11(7-4-9)12-8-5-10(2)14(16)13(12)15/h5-6,8-9H,3-4,7H2,1-2H3. The summed E-state index contributed by atoms with van der Waals surface area (Å²) in [4.78, 5) is 0. The van der Waals surface area contributed by atoms with Crippen LogP contribution in [0.2, 0.25) is 5.02 Å². The number of rotatable bonds is 1. The molecule has 2 rings (SSSR count). The molecule has 86 valence electrons. The second-order valence-electron chi connectivity index (χ2n) is 4.67. The van der Waals surface area contributed by atoms with Crippen LogP contribution in [0.25, 0.3) is 5.57 Å². The first-order chi connectivity index (χ1) is 7.59. The van der Waals surface area contributed by atoms with Gasteiger partial charge in [-0.25, -0.2) is 4.39 Å². The third-order valence-electron chi connectivity index (χ3n) is 3.29. The summed E-state index contributed by atoms with van der Waals surface area (Å²) >= 11 is 6.05. The molecule has 1 aliphatic carbocycles. The predicted octanol–water partition coefficient (Wildman–Crippen LogP) is 4.99. The van der Waals surface area contributed by atoms with Crippen LogP contribution in [0.4, 0.5) is 4.39 Å². The van der Waals surface area contributed by atoms with Crippen molar-refractivity contribution >= 4 is 17.2 Å². The molecule has 0 N–H and O–H groups in total. The Kier molecular flexibility index (Phi) is 3.34. The Morgan fingerprint density at radius 1 is 1.38 bits per heavy atom. The highest BCUT2D eigenvalue weighted by Gasteiger charge is 2.16. The van der Waals surface area contributed by atoms with E-state index in [1.165, 1.54) is 5.57 Å². The van der Waals surface area contributed by atoms with Crippen molar-refractivity contribution in [2.45, 2.75) is 33.1 Å². The number of benzene rings is 1. The van der Waals surface area contributed by atoms with Crippen molar-refractivity contribution in [1.82, 2.24) is 0 Å². The zero-order valence-corrected chi connectivity index (χ0v) is 10.4. The highest BCUT2D eigenvalue weighted by Crippen LogP contribution is 2.35. The van der Waals surface area contributed by atoms with Crippen LogP contribution in [0.3, 0.4) is 0 Å². The first-order valence-corrected chi connectivity index (χ1v) is 6.11. The highest BCUT2D eigenvalue weighted by atomic mass is 35.5. The molecule has 16 heavy (non-hydrogen) atoms. The third kappa shape index (κ3) is 2.15. The molecule has 0 spiro atoms. The van der Waals surface area contributed by atoms with Crippen molar-refractivity contribution < 1.29 is 4.39 Å². The van der Waals surface area contributed by atoms with Crippen molar-refractivity contribution in [3.05, 3.63) is 40.2 Å². The van der Waals surface area contributed by atoms with Crippen LogP contribution in [-0.4, -0.2) is 0 Å². The van der Waals surface area contributed by atoms with Crippen LogP contribution in [0.15, 0.2) is 18.2 Å². The van der Waals surface area contributed by atoms with Gasteiger partial charge in [-0.2, -0.15) is 0 Å². The average Bonchev–Trinajstić information content (AvgIpc) is 2.28. The molecule has 0 saturated carbocycles. The van der Waals surface area contributed by atoms with Gasteiger partial charge >= 0.3 is 0 Å². The van der Waals surface area contributed by atoms with Gasteiger partial charge in [0, 0.05) is 0 Å². The van der Waals surface area contributed by atoms with E-state index < -0.39 is 0 Å². The molecule has 1 aromatic rings. The molecule has 0 aliphatic heterocycles. The van der Waals surface area contributed by atoms with Crippen LogP contribution in [0, 0.1) is 18.7 Å². The van der Waals surface area contributed by atoms with Gasteiger partial charge in [-0.15, -0.1) is 0 Å². The van der Waals surface area contributed by atoms with Crippen molar-refractivity contribution in [3.8, 4) is 0 Å². The summed E-state index contributed by atoms with van der Waals surface area (Å²) in [5, 5.41) is 0.279. The van der Waals surface area contributed by atoms with E-state index in [9.17, 15) is 4.39 Å². The van der Waals surface area contributed by atoms with Gasteiger partial charge in [-0.05, 0) is 48.8 Å². The average molecular weight is 239 g/mol. The van der Waals surface area contributed by atoms with Crippen LogP contribution in [0.1, 0.15) is 37.3 Å². The van der Waals surface area contributed by atoms with E-state index in [0.29, 0.717) is 5.56 Å². The zero-order valence-electron chi connectivity index (χ0n) is 9.69. The minimum Gasteiger partial charge on any atom is -0.205 e. The van der Waals surface area contributed by atoms with Crippen molar-refractivity contribution in [1.29, 1.82) is 0 Å². The Labute approximate surface area is 101 Å². The van der Waals surface area contributed by atoms with Gasteiger partial charge in [0.1, 0.15) is 5.82 Å². The molecule has 0 radical (unpaired) electrons. The quantitative estimate of drug-likeness (QED) is 0.647. The van der Waals surface area contributed by atoms with Gasteiger partial charge in [0.15, 0.2) is 0 Å². The van der Waals surface area contributed by atoms with E-state index in [-0.39, 0.29) is 10.8 Å². The van der Waals surface area contributed by atoms with E-state index in [2.05, 4.69) is 13.0 Å². The normalized spacial score (nSPS) is 20.8. The van der Waals surface area contributed by atoms with Gasteiger partial charge in [0.05, 0.1) is 5.02 Å². The van der Waals surface area contributed by atoms with Crippen LogP contribution >= 0.6 is 11.6 Å². The van der Waals surface area contributed by atoms with Gasteiger partial charge in [-0.3, -0.25) is 0 Å². The maximum Gasteiger partial charge on any atom is 0.145 e. The lowest BCUT2D eigenvalue weighted by molar-refractivity contribution is 0.533. The van der Waals surface area contributed by atoms with Crippen molar-refractivity contribution in [3.63, 3.8) is 0 Å². The molecular weight excluding hydrogens is 223 g/mol. The smallest absolute Gasteiger partial charge is 0.145 e. The van der Waals surface area contributed by atoms with E-state index in [4.69, 9.17) is 11.6 Å². The minimum absolute atomic E-state index is 0.279. The summed E-state index contributed by atoms with van der Waals surface area (Å²) in [7, 11) is 0. The fourth-order valence-corrected chi connectivity index (χ4v) is 2.44. The lowest BCUT2D eigenvalue weighted by atomic mass is 9.87. The monoisotopic (exact) mass is 238 g/mol. The van der Waals surface area contributed by atoms with Gasteiger partial charge in [0.25, 0.3) is 0 Å². The van der Waals surface area contributed by atoms with Crippen molar-refractivity contribution in [2.24, 2.45) is 5.92 Å². The Bertz CT molecular complexity index is 435. The van der Waals surface area contributed by atoms with E-state index in [1.807, 2.05) is 6.07 Å². The van der Waals surface area contributed by atoms with Crippen LogP contribution in [0.5, 0.6) is 0 Å². The van der Waals surface area contributed by atoms with Gasteiger partial charge < -0.3 is 0 Å². The molecule has 0 bridgehead atoms. The Morgan fingerprint density at radius 3 is 2.75 bits per heavy atom. The SMILES string of the molecule is Cc1ccc(C2=CCC(C)CC2)c(Cl)c1F. The molecule has 0 aromatic heterocycles. The third-order valence-corrected chi connectivity index (χ3v) is 3.66. The maximum atomic E-state index is 13.7. The summed E-state index contributed by atoms with van der Waals surface area (Å²) in [6.07, 6.45) is 5.44. The first kappa shape index (κ1) is 11.7. The van der Waals surface area contributed by atoms with Gasteiger partial charge in [-0.1, -0.05) is 36.7 Å². The summed E-state index contributed by atoms with van der Waals surface area (Å²) in [5.41, 5.74) is 2.68. The number of hydrogen-bond acceptors (Lipinski definition) is 0. The minimum atomic E-state index is -0.279. The molecular formula is C14H16ClF. The largest absolute Gasteiger partial charge is 0.205 e. The Hall–Kier alpha value is -0.820. The number of aryl methyl sites for hydroxylation is 1. The van der Waals surface area contributed by atoms with E-state index in [0.717, 1.165) is 30.7 Å². The van der Waals surface area contributed by atoms with Crippen LogP contribution in [-0.2, 0) is 0 Å². The lowest BCUT2D eigenvalue weighted by Gasteiger charge is -2.19. The fourth-order valence-electron chi connectivity index (χ4n) is 2.10. The van der Waals surface area contributed by atoms with E-state index in [1.54, 1.807) is 13.0 Å². The molecule has 1 atom stereocenters. The lowest BCUT2D eigenvalue weighted by Crippen LogP contribution is -2.02. The fraction of sp³-hybridized carbons (Fsp3) is 0.429. The zero-order chi connectivity index (χ0) is 11.7.